The third-order valence-corrected chi connectivity index (χ3v) is 8.23. The highest BCUT2D eigenvalue weighted by molar-refractivity contribution is 6.32. The van der Waals surface area contributed by atoms with Crippen LogP contribution in [-0.2, 0) is 9.53 Å². The number of benzene rings is 3. The van der Waals surface area contributed by atoms with Crippen molar-refractivity contribution in [3.05, 3.63) is 89.0 Å². The molecule has 1 saturated heterocycles. The maximum absolute atomic E-state index is 14.6. The summed E-state index contributed by atoms with van der Waals surface area (Å²) in [7, 11) is 5.78. The number of ketones is 2. The standard InChI is InChI=1S/C31H27NO7/c1-36-22-15-14-20(26(37-2)27(22)38-3)24-25(30(35)39-4)32-21-12-8-5-9-17(21)13-16-23(32)31(24)28(33)18-10-6-7-11-19(18)29(31)34/h5-16,23-25H,1-4H3/t23-,24-,25+/m0/s1. The minimum atomic E-state index is -1.67. The number of fused-ring (bicyclic) bond motifs is 5. The van der Waals surface area contributed by atoms with Crippen molar-refractivity contribution in [2.75, 3.05) is 33.3 Å². The fraction of sp³-hybridized carbons (Fsp3) is 0.258. The first-order valence-corrected chi connectivity index (χ1v) is 12.6. The zero-order chi connectivity index (χ0) is 27.5. The molecule has 3 aliphatic rings. The van der Waals surface area contributed by atoms with Crippen LogP contribution in [0.5, 0.6) is 17.2 Å². The Morgan fingerprint density at radius 2 is 1.44 bits per heavy atom. The van der Waals surface area contributed by atoms with Crippen molar-refractivity contribution >= 4 is 29.3 Å². The Hall–Kier alpha value is -4.59. The molecule has 8 nitrogen and oxygen atoms in total. The van der Waals surface area contributed by atoms with E-state index in [2.05, 4.69) is 0 Å². The maximum atomic E-state index is 14.6. The molecule has 0 saturated carbocycles. The van der Waals surface area contributed by atoms with E-state index in [1.807, 2.05) is 41.3 Å². The molecule has 198 valence electrons. The summed E-state index contributed by atoms with van der Waals surface area (Å²) >= 11 is 0. The number of hydrogen-bond acceptors (Lipinski definition) is 8. The molecule has 8 heteroatoms. The lowest BCUT2D eigenvalue weighted by Crippen LogP contribution is -2.48. The van der Waals surface area contributed by atoms with Gasteiger partial charge < -0.3 is 23.8 Å². The van der Waals surface area contributed by atoms with Crippen LogP contribution in [0, 0.1) is 5.41 Å². The van der Waals surface area contributed by atoms with E-state index >= 15 is 0 Å². The van der Waals surface area contributed by atoms with Crippen LogP contribution in [0.4, 0.5) is 5.69 Å². The Morgan fingerprint density at radius 1 is 0.795 bits per heavy atom. The lowest BCUT2D eigenvalue weighted by Gasteiger charge is -2.36. The van der Waals surface area contributed by atoms with E-state index in [1.54, 1.807) is 36.4 Å². The van der Waals surface area contributed by atoms with E-state index in [-0.39, 0.29) is 17.3 Å². The predicted octanol–water partition coefficient (Wildman–Crippen LogP) is 4.32. The lowest BCUT2D eigenvalue weighted by molar-refractivity contribution is -0.142. The minimum Gasteiger partial charge on any atom is -0.493 e. The topological polar surface area (TPSA) is 91.4 Å². The highest BCUT2D eigenvalue weighted by Crippen LogP contribution is 2.62. The Morgan fingerprint density at radius 3 is 2.05 bits per heavy atom. The molecule has 0 amide bonds. The zero-order valence-corrected chi connectivity index (χ0v) is 22.0. The van der Waals surface area contributed by atoms with Crippen molar-refractivity contribution in [3.63, 3.8) is 0 Å². The molecule has 3 aromatic rings. The summed E-state index contributed by atoms with van der Waals surface area (Å²) < 4.78 is 22.3. The summed E-state index contributed by atoms with van der Waals surface area (Å²) in [5.74, 6) is -1.23. The molecule has 3 atom stereocenters. The first-order valence-electron chi connectivity index (χ1n) is 12.6. The maximum Gasteiger partial charge on any atom is 0.329 e. The molecule has 2 heterocycles. The predicted molar refractivity (Wildman–Crippen MR) is 144 cm³/mol. The van der Waals surface area contributed by atoms with Crippen LogP contribution in [-0.4, -0.2) is 58.1 Å². The van der Waals surface area contributed by atoms with Gasteiger partial charge in [0.2, 0.25) is 5.75 Å². The molecule has 0 bridgehead atoms. The van der Waals surface area contributed by atoms with Gasteiger partial charge in [-0.3, -0.25) is 9.59 Å². The van der Waals surface area contributed by atoms with Crippen LogP contribution in [0.25, 0.3) is 6.08 Å². The van der Waals surface area contributed by atoms with Crippen LogP contribution in [0.3, 0.4) is 0 Å². The summed E-state index contributed by atoms with van der Waals surface area (Å²) in [6, 6.07) is 16.1. The van der Waals surface area contributed by atoms with Crippen LogP contribution in [0.2, 0.25) is 0 Å². The smallest absolute Gasteiger partial charge is 0.329 e. The van der Waals surface area contributed by atoms with Crippen molar-refractivity contribution < 1.29 is 33.3 Å². The Labute approximate surface area is 225 Å². The lowest BCUT2D eigenvalue weighted by atomic mass is 9.64. The number of hydrogen-bond donors (Lipinski definition) is 0. The minimum absolute atomic E-state index is 0.281. The first kappa shape index (κ1) is 24.7. The number of carbonyl (C=O) groups excluding carboxylic acids is 3. The number of Topliss-reactive ketones (excluding diaryl/α,β-unsaturated/α-hetero) is 2. The molecule has 1 fully saturated rings. The SMILES string of the molecule is COC(=O)[C@H]1[C@H](c2ccc(OC)c(OC)c2OC)C2(C(=O)c3ccccc3C2=O)[C@@H]2C=Cc3ccccc3N21. The number of ether oxygens (including phenoxy) is 4. The van der Waals surface area contributed by atoms with Crippen LogP contribution < -0.4 is 19.1 Å². The largest absolute Gasteiger partial charge is 0.493 e. The molecule has 3 aromatic carbocycles. The van der Waals surface area contributed by atoms with Crippen LogP contribution in [0.15, 0.2) is 66.7 Å². The molecule has 0 radical (unpaired) electrons. The second-order valence-corrected chi connectivity index (χ2v) is 9.71. The number of esters is 1. The average Bonchev–Trinajstić information content (AvgIpc) is 3.41. The van der Waals surface area contributed by atoms with Crippen molar-refractivity contribution in [1.29, 1.82) is 0 Å². The molecule has 2 aliphatic heterocycles. The second-order valence-electron chi connectivity index (χ2n) is 9.71. The van der Waals surface area contributed by atoms with Gasteiger partial charge in [0, 0.05) is 28.3 Å². The summed E-state index contributed by atoms with van der Waals surface area (Å²) in [6.45, 7) is 0. The number of methoxy groups -OCH3 is 4. The number of nitrogens with zero attached hydrogens (tertiary/aromatic N) is 1. The molecular weight excluding hydrogens is 498 g/mol. The number of anilines is 1. The van der Waals surface area contributed by atoms with Gasteiger partial charge in [-0.15, -0.1) is 0 Å². The molecule has 0 aromatic heterocycles. The summed E-state index contributed by atoms with van der Waals surface area (Å²) in [5.41, 5.74) is 1.08. The third kappa shape index (κ3) is 3.08. The Bertz CT molecular complexity index is 1520. The van der Waals surface area contributed by atoms with Gasteiger partial charge in [0.05, 0.1) is 34.5 Å². The molecular formula is C31H27NO7. The van der Waals surface area contributed by atoms with Gasteiger partial charge in [-0.05, 0) is 17.7 Å². The van der Waals surface area contributed by atoms with Gasteiger partial charge in [-0.1, -0.05) is 60.7 Å². The van der Waals surface area contributed by atoms with Crippen molar-refractivity contribution in [3.8, 4) is 17.2 Å². The number of carbonyl (C=O) groups is 3. The van der Waals surface area contributed by atoms with Gasteiger partial charge in [-0.2, -0.15) is 0 Å². The molecule has 39 heavy (non-hydrogen) atoms. The van der Waals surface area contributed by atoms with Gasteiger partial charge in [0.1, 0.15) is 11.5 Å². The highest BCUT2D eigenvalue weighted by atomic mass is 16.5. The molecule has 1 aliphatic carbocycles. The first-order chi connectivity index (χ1) is 18.9. The molecule has 0 unspecified atom stereocenters. The van der Waals surface area contributed by atoms with E-state index in [1.165, 1.54) is 28.4 Å². The number of rotatable bonds is 5. The molecule has 6 rings (SSSR count). The van der Waals surface area contributed by atoms with Crippen LogP contribution >= 0.6 is 0 Å². The van der Waals surface area contributed by atoms with Crippen molar-refractivity contribution in [2.45, 2.75) is 18.0 Å². The van der Waals surface area contributed by atoms with E-state index < -0.39 is 29.4 Å². The quantitative estimate of drug-likeness (QED) is 0.359. The number of para-hydroxylation sites is 1. The second kappa shape index (κ2) is 9.01. The highest BCUT2D eigenvalue weighted by Gasteiger charge is 2.72. The van der Waals surface area contributed by atoms with E-state index in [9.17, 15) is 14.4 Å². The van der Waals surface area contributed by atoms with Gasteiger partial charge >= 0.3 is 5.97 Å². The van der Waals surface area contributed by atoms with Crippen molar-refractivity contribution in [1.82, 2.24) is 0 Å². The Kier molecular flexibility index (Phi) is 5.71. The monoisotopic (exact) mass is 525 g/mol. The van der Waals surface area contributed by atoms with E-state index in [0.29, 0.717) is 28.2 Å². The normalized spacial score (nSPS) is 21.8. The van der Waals surface area contributed by atoms with E-state index in [4.69, 9.17) is 18.9 Å². The van der Waals surface area contributed by atoms with Gasteiger partial charge in [0.25, 0.3) is 0 Å². The zero-order valence-electron chi connectivity index (χ0n) is 22.0. The molecule has 1 spiro atoms. The van der Waals surface area contributed by atoms with Gasteiger partial charge in [-0.25, -0.2) is 4.79 Å². The average molecular weight is 526 g/mol. The van der Waals surface area contributed by atoms with Crippen LogP contribution in [0.1, 0.15) is 37.8 Å². The summed E-state index contributed by atoms with van der Waals surface area (Å²) in [5, 5.41) is 0. The summed E-state index contributed by atoms with van der Waals surface area (Å²) in [6.07, 6.45) is 3.76. The van der Waals surface area contributed by atoms with E-state index in [0.717, 1.165) is 11.3 Å². The molecule has 0 N–H and O–H groups in total. The van der Waals surface area contributed by atoms with Crippen molar-refractivity contribution in [2.24, 2.45) is 5.41 Å². The summed E-state index contributed by atoms with van der Waals surface area (Å²) in [4.78, 5) is 44.8. The third-order valence-electron chi connectivity index (χ3n) is 8.23. The van der Waals surface area contributed by atoms with Gasteiger partial charge in [0.15, 0.2) is 23.1 Å². The Balaban J connectivity index is 1.72. The fourth-order valence-electron chi connectivity index (χ4n) is 6.72. The fourth-order valence-corrected chi connectivity index (χ4v) is 6.72.